The van der Waals surface area contributed by atoms with E-state index in [9.17, 15) is 19.5 Å². The van der Waals surface area contributed by atoms with Gasteiger partial charge in [0.05, 0.1) is 36.1 Å². The number of furan rings is 1. The molecule has 0 saturated carbocycles. The van der Waals surface area contributed by atoms with Crippen molar-refractivity contribution in [3.8, 4) is 21.8 Å². The Labute approximate surface area is 304 Å². The molecule has 0 bridgehead atoms. The van der Waals surface area contributed by atoms with Gasteiger partial charge in [-0.3, -0.25) is 23.9 Å². The summed E-state index contributed by atoms with van der Waals surface area (Å²) in [6.45, 7) is 5.48. The van der Waals surface area contributed by atoms with Crippen LogP contribution in [0.15, 0.2) is 94.9 Å². The van der Waals surface area contributed by atoms with Gasteiger partial charge >= 0.3 is 0 Å². The van der Waals surface area contributed by atoms with Gasteiger partial charge in [-0.15, -0.1) is 11.3 Å². The minimum absolute atomic E-state index is 0.0337. The van der Waals surface area contributed by atoms with E-state index in [4.69, 9.17) is 9.40 Å². The SMILES string of the molecule is Cc1ccc(-c2nc(C)c(C(=O)N3CC[C@@H](C(=O)N4CCC(O)(Cn5cnn6c(-c7ccoc7)ccc6c5=O)CC4)[C@H](c4ccccc4)C3)s2)cn1. The highest BCUT2D eigenvalue weighted by Gasteiger charge is 2.42. The van der Waals surface area contributed by atoms with Crippen LogP contribution in [-0.2, 0) is 11.3 Å². The summed E-state index contributed by atoms with van der Waals surface area (Å²) in [6, 6.07) is 19.2. The van der Waals surface area contributed by atoms with Crippen molar-refractivity contribution in [1.29, 1.82) is 0 Å². The highest BCUT2D eigenvalue weighted by Crippen LogP contribution is 2.37. The van der Waals surface area contributed by atoms with Crippen LogP contribution >= 0.6 is 11.3 Å². The molecule has 12 nitrogen and oxygen atoms in total. The molecule has 0 aliphatic carbocycles. The largest absolute Gasteiger partial charge is 0.472 e. The molecule has 6 aromatic rings. The number of likely N-dealkylation sites (tertiary alicyclic amines) is 2. The topological polar surface area (TPSA) is 139 Å². The predicted molar refractivity (Wildman–Crippen MR) is 196 cm³/mol. The number of aliphatic hydroxyl groups is 1. The third-order valence-corrected chi connectivity index (χ3v) is 11.7. The van der Waals surface area contributed by atoms with Crippen LogP contribution in [-0.4, -0.2) is 82.6 Å². The lowest BCUT2D eigenvalue weighted by molar-refractivity contribution is -0.142. The zero-order chi connectivity index (χ0) is 36.0. The molecular weight excluding hydrogens is 679 g/mol. The van der Waals surface area contributed by atoms with Gasteiger partial charge in [0.15, 0.2) is 0 Å². The number of hydrogen-bond donors (Lipinski definition) is 1. The first kappa shape index (κ1) is 33.7. The quantitative estimate of drug-likeness (QED) is 0.238. The molecular formula is C39H39N7O5S. The molecule has 8 rings (SSSR count). The number of carbonyl (C=O) groups is 2. The Kier molecular flexibility index (Phi) is 8.84. The van der Waals surface area contributed by atoms with Crippen molar-refractivity contribution in [3.63, 3.8) is 0 Å². The van der Waals surface area contributed by atoms with E-state index in [-0.39, 0.29) is 35.8 Å². The number of pyridine rings is 1. The highest BCUT2D eigenvalue weighted by molar-refractivity contribution is 7.17. The van der Waals surface area contributed by atoms with Gasteiger partial charge in [-0.25, -0.2) is 9.50 Å². The molecule has 2 aliphatic rings. The highest BCUT2D eigenvalue weighted by atomic mass is 32.1. The molecule has 2 amide bonds. The number of fused-ring (bicyclic) bond motifs is 1. The number of rotatable bonds is 7. The predicted octanol–water partition coefficient (Wildman–Crippen LogP) is 5.19. The van der Waals surface area contributed by atoms with Crippen molar-refractivity contribution in [2.75, 3.05) is 26.2 Å². The van der Waals surface area contributed by atoms with E-state index < -0.39 is 5.60 Å². The maximum atomic E-state index is 14.2. The fraction of sp³-hybridized carbons (Fsp3) is 0.333. The second-order valence-corrected chi connectivity index (χ2v) is 14.9. The van der Waals surface area contributed by atoms with Crippen LogP contribution in [0.5, 0.6) is 0 Å². The lowest BCUT2D eigenvalue weighted by Crippen LogP contribution is -2.53. The van der Waals surface area contributed by atoms with Crippen LogP contribution in [0, 0.1) is 19.8 Å². The zero-order valence-electron chi connectivity index (χ0n) is 29.0. The molecule has 52 heavy (non-hydrogen) atoms. The normalized spacial score (nSPS) is 18.9. The molecule has 13 heteroatoms. The fourth-order valence-corrected chi connectivity index (χ4v) is 8.57. The third-order valence-electron chi connectivity index (χ3n) is 10.5. The maximum Gasteiger partial charge on any atom is 0.277 e. The maximum absolute atomic E-state index is 14.2. The minimum Gasteiger partial charge on any atom is -0.472 e. The number of aromatic nitrogens is 5. The number of carbonyl (C=O) groups excluding carboxylic acids is 2. The molecule has 1 aromatic carbocycles. The van der Waals surface area contributed by atoms with Crippen LogP contribution < -0.4 is 5.56 Å². The second-order valence-electron chi connectivity index (χ2n) is 13.9. The second kappa shape index (κ2) is 13.6. The van der Waals surface area contributed by atoms with Gasteiger partial charge in [0.2, 0.25) is 5.91 Å². The average molecular weight is 718 g/mol. The molecule has 2 fully saturated rings. The van der Waals surface area contributed by atoms with E-state index in [1.807, 2.05) is 78.2 Å². The molecule has 266 valence electrons. The number of piperidine rings is 2. The summed E-state index contributed by atoms with van der Waals surface area (Å²) in [6.07, 6.45) is 7.59. The number of nitrogens with zero attached hydrogens (tertiary/aromatic N) is 7. The Bertz CT molecular complexity index is 2290. The van der Waals surface area contributed by atoms with Crippen molar-refractivity contribution < 1.29 is 19.1 Å². The van der Waals surface area contributed by atoms with Crippen LogP contribution in [0.25, 0.3) is 27.3 Å². The lowest BCUT2D eigenvalue weighted by Gasteiger charge is -2.43. The van der Waals surface area contributed by atoms with E-state index in [1.54, 1.807) is 29.3 Å². The van der Waals surface area contributed by atoms with Crippen molar-refractivity contribution in [2.24, 2.45) is 5.92 Å². The fourth-order valence-electron chi connectivity index (χ4n) is 7.55. The van der Waals surface area contributed by atoms with E-state index >= 15 is 0 Å². The van der Waals surface area contributed by atoms with Gasteiger partial charge in [0, 0.05) is 61.0 Å². The summed E-state index contributed by atoms with van der Waals surface area (Å²) >= 11 is 1.38. The van der Waals surface area contributed by atoms with Gasteiger partial charge in [-0.2, -0.15) is 5.10 Å². The van der Waals surface area contributed by atoms with Gasteiger partial charge in [0.1, 0.15) is 21.7 Å². The summed E-state index contributed by atoms with van der Waals surface area (Å²) in [5, 5.41) is 16.9. The van der Waals surface area contributed by atoms with Gasteiger partial charge in [-0.05, 0) is 69.0 Å². The van der Waals surface area contributed by atoms with Gasteiger partial charge < -0.3 is 19.3 Å². The first-order valence-corrected chi connectivity index (χ1v) is 18.3. The Morgan fingerprint density at radius 2 is 1.79 bits per heavy atom. The lowest BCUT2D eigenvalue weighted by atomic mass is 9.79. The summed E-state index contributed by atoms with van der Waals surface area (Å²) in [4.78, 5) is 55.0. The third kappa shape index (κ3) is 6.34. The molecule has 0 spiro atoms. The Hall–Kier alpha value is -5.40. The summed E-state index contributed by atoms with van der Waals surface area (Å²) in [5.74, 6) is -0.544. The Morgan fingerprint density at radius 3 is 2.52 bits per heavy atom. The molecule has 0 unspecified atom stereocenters. The molecule has 7 heterocycles. The van der Waals surface area contributed by atoms with E-state index in [2.05, 4.69) is 10.1 Å². The number of thiazole rings is 1. The monoisotopic (exact) mass is 717 g/mol. The summed E-state index contributed by atoms with van der Waals surface area (Å²) < 4.78 is 8.23. The molecule has 2 atom stereocenters. The average Bonchev–Trinajstić information content (AvgIpc) is 3.94. The van der Waals surface area contributed by atoms with E-state index in [0.717, 1.165) is 33.1 Å². The van der Waals surface area contributed by atoms with Crippen molar-refractivity contribution >= 4 is 28.7 Å². The van der Waals surface area contributed by atoms with Crippen LogP contribution in [0.2, 0.25) is 0 Å². The summed E-state index contributed by atoms with van der Waals surface area (Å²) in [7, 11) is 0. The first-order valence-electron chi connectivity index (χ1n) is 17.5. The minimum atomic E-state index is -1.17. The number of hydrogen-bond acceptors (Lipinski definition) is 9. The van der Waals surface area contributed by atoms with Gasteiger partial charge in [0.25, 0.3) is 11.5 Å². The first-order chi connectivity index (χ1) is 25.2. The Morgan fingerprint density at radius 1 is 0.981 bits per heavy atom. The number of aryl methyl sites for hydroxylation is 2. The summed E-state index contributed by atoms with van der Waals surface area (Å²) in [5.41, 5.74) is 4.03. The molecule has 5 aromatic heterocycles. The van der Waals surface area contributed by atoms with Crippen molar-refractivity contribution in [2.45, 2.75) is 51.2 Å². The molecule has 2 saturated heterocycles. The number of amides is 2. The van der Waals surface area contributed by atoms with E-state index in [0.29, 0.717) is 61.5 Å². The molecule has 1 N–H and O–H groups in total. The Balaban J connectivity index is 0.955. The van der Waals surface area contributed by atoms with E-state index in [1.165, 1.54) is 22.2 Å². The standard InChI is InChI=1S/C39H39N7O5S/c1-25-8-9-28(20-40-25)35-42-26(2)34(52-35)38(49)44-16-12-30(31(21-44)27-6-4-3-5-7-27)36(47)43-17-14-39(50,15-18-43)23-45-24-41-46-32(29-13-19-51-22-29)10-11-33(46)37(45)48/h3-11,13,19-20,22,24,30-31,50H,12,14-18,21,23H2,1-2H3/t30-,31+/m1/s1. The van der Waals surface area contributed by atoms with Crippen molar-refractivity contribution in [1.82, 2.24) is 33.9 Å². The zero-order valence-corrected chi connectivity index (χ0v) is 29.8. The molecule has 0 radical (unpaired) electrons. The van der Waals surface area contributed by atoms with Crippen molar-refractivity contribution in [3.05, 3.63) is 118 Å². The molecule has 2 aliphatic heterocycles. The van der Waals surface area contributed by atoms with Crippen LogP contribution in [0.1, 0.15) is 51.8 Å². The van der Waals surface area contributed by atoms with Gasteiger partial charge in [-0.1, -0.05) is 30.3 Å². The number of benzene rings is 1. The van der Waals surface area contributed by atoms with Crippen LogP contribution in [0.4, 0.5) is 0 Å². The smallest absolute Gasteiger partial charge is 0.277 e. The van der Waals surface area contributed by atoms with Crippen LogP contribution in [0.3, 0.4) is 0 Å².